The van der Waals surface area contributed by atoms with Crippen LogP contribution in [0.1, 0.15) is 45.2 Å². The molecule has 5 nitrogen and oxygen atoms in total. The second-order valence-corrected chi connectivity index (χ2v) is 17.4. The molecule has 2 aliphatic rings. The smallest absolute Gasteiger partial charge is 0.261 e. The number of aromatic nitrogens is 2. The summed E-state index contributed by atoms with van der Waals surface area (Å²) in [5.41, 5.74) is 0.740. The summed E-state index contributed by atoms with van der Waals surface area (Å²) in [7, 11) is -6.11. The Morgan fingerprint density at radius 3 is 1.89 bits per heavy atom. The summed E-state index contributed by atoms with van der Waals surface area (Å²) >= 11 is 6.15. The van der Waals surface area contributed by atoms with E-state index in [1.807, 2.05) is 0 Å². The van der Waals surface area contributed by atoms with Gasteiger partial charge in [-0.1, -0.05) is 93.0 Å². The van der Waals surface area contributed by atoms with E-state index < -0.39 is 18.2 Å². The van der Waals surface area contributed by atoms with Crippen molar-refractivity contribution in [1.82, 2.24) is 9.97 Å². The fourth-order valence-corrected chi connectivity index (χ4v) is 11.5. The van der Waals surface area contributed by atoms with E-state index in [1.165, 1.54) is 10.4 Å². The van der Waals surface area contributed by atoms with Crippen molar-refractivity contribution in [3.63, 3.8) is 0 Å². The van der Waals surface area contributed by atoms with Gasteiger partial charge in [0.25, 0.3) is 8.32 Å². The molecule has 0 radical (unpaired) electrons. The van der Waals surface area contributed by atoms with Gasteiger partial charge in [-0.25, -0.2) is 18.4 Å². The minimum atomic E-state index is -3.52. The lowest BCUT2D eigenvalue weighted by molar-refractivity contribution is 0.177. The van der Waals surface area contributed by atoms with E-state index in [9.17, 15) is 8.42 Å². The molecular formula is C27H31ClN2O3SSi. The van der Waals surface area contributed by atoms with Crippen LogP contribution in [0.25, 0.3) is 0 Å². The summed E-state index contributed by atoms with van der Waals surface area (Å²) in [6.07, 6.45) is 3.15. The second-order valence-electron chi connectivity index (χ2n) is 10.9. The first-order valence-corrected chi connectivity index (χ1v) is 16.2. The molecule has 0 saturated heterocycles. The van der Waals surface area contributed by atoms with E-state index in [2.05, 4.69) is 91.4 Å². The van der Waals surface area contributed by atoms with E-state index in [4.69, 9.17) is 16.0 Å². The number of nitrogens with zero attached hydrogens (tertiary/aromatic N) is 2. The Morgan fingerprint density at radius 1 is 0.914 bits per heavy atom. The summed E-state index contributed by atoms with van der Waals surface area (Å²) in [5, 5.41) is 2.50. The van der Waals surface area contributed by atoms with Crippen LogP contribution in [-0.2, 0) is 14.3 Å². The molecule has 2 fully saturated rings. The molecule has 2 aromatic carbocycles. The highest BCUT2D eigenvalue weighted by atomic mass is 35.5. The molecule has 1 unspecified atom stereocenters. The summed E-state index contributed by atoms with van der Waals surface area (Å²) in [4.78, 5) is 8.28. The maximum Gasteiger partial charge on any atom is 0.261 e. The summed E-state index contributed by atoms with van der Waals surface area (Å²) in [6, 6.07) is 23.1. The first-order chi connectivity index (χ1) is 16.5. The lowest BCUT2D eigenvalue weighted by Gasteiger charge is -2.45. The number of benzene rings is 2. The van der Waals surface area contributed by atoms with Gasteiger partial charge in [0.1, 0.15) is 5.15 Å². The molecule has 5 rings (SSSR count). The predicted octanol–water partition coefficient (Wildman–Crippen LogP) is 4.60. The van der Waals surface area contributed by atoms with Crippen LogP contribution in [0, 0.1) is 11.8 Å². The Bertz CT molecular complexity index is 1280. The molecule has 4 atom stereocenters. The minimum Gasteiger partial charge on any atom is -0.404 e. The molecule has 0 bridgehead atoms. The number of rotatable bonds is 6. The van der Waals surface area contributed by atoms with E-state index in [0.29, 0.717) is 11.8 Å². The van der Waals surface area contributed by atoms with Crippen molar-refractivity contribution in [2.75, 3.05) is 6.26 Å². The second kappa shape index (κ2) is 8.80. The van der Waals surface area contributed by atoms with Crippen molar-refractivity contribution < 1.29 is 12.8 Å². The topological polar surface area (TPSA) is 69.2 Å². The van der Waals surface area contributed by atoms with Crippen molar-refractivity contribution >= 4 is 40.1 Å². The monoisotopic (exact) mass is 526 g/mol. The Kier molecular flexibility index (Phi) is 6.19. The molecule has 1 heterocycles. The SMILES string of the molecule is CC(C)(C)[Si](OC1C[C@@H]2[C@H](C1)[C@H]2c1cc(Cl)nc(S(C)(=O)=O)n1)(c1ccccc1)c1ccccc1. The zero-order chi connectivity index (χ0) is 25.0. The quantitative estimate of drug-likeness (QED) is 0.267. The van der Waals surface area contributed by atoms with Crippen LogP contribution < -0.4 is 10.4 Å². The third-order valence-corrected chi connectivity index (χ3v) is 13.7. The molecule has 0 amide bonds. The summed E-state index contributed by atoms with van der Waals surface area (Å²) in [5.74, 6) is 1.07. The van der Waals surface area contributed by atoms with Crippen LogP contribution in [0.5, 0.6) is 0 Å². The van der Waals surface area contributed by atoms with Gasteiger partial charge in [-0.3, -0.25) is 0 Å². The number of fused-ring (bicyclic) bond motifs is 1. The van der Waals surface area contributed by atoms with Gasteiger partial charge in [-0.15, -0.1) is 0 Å². The van der Waals surface area contributed by atoms with Crippen molar-refractivity contribution in [3.8, 4) is 0 Å². The van der Waals surface area contributed by atoms with Crippen molar-refractivity contribution in [1.29, 1.82) is 0 Å². The largest absolute Gasteiger partial charge is 0.404 e. The van der Waals surface area contributed by atoms with Crippen LogP contribution in [0.2, 0.25) is 10.2 Å². The predicted molar refractivity (Wildman–Crippen MR) is 142 cm³/mol. The van der Waals surface area contributed by atoms with Gasteiger partial charge in [0.2, 0.25) is 15.0 Å². The normalized spacial score (nSPS) is 24.3. The number of halogens is 1. The highest BCUT2D eigenvalue weighted by Gasteiger charge is 2.60. The van der Waals surface area contributed by atoms with E-state index in [-0.39, 0.29) is 27.4 Å². The lowest BCUT2D eigenvalue weighted by Crippen LogP contribution is -2.67. The molecule has 2 saturated carbocycles. The van der Waals surface area contributed by atoms with Crippen LogP contribution >= 0.6 is 11.6 Å². The Hall–Kier alpha value is -2.06. The van der Waals surface area contributed by atoms with Gasteiger partial charge < -0.3 is 4.43 Å². The molecule has 2 aliphatic carbocycles. The molecule has 0 spiro atoms. The molecule has 0 aliphatic heterocycles. The molecular weight excluding hydrogens is 496 g/mol. The average molecular weight is 527 g/mol. The summed E-state index contributed by atoms with van der Waals surface area (Å²) in [6.45, 7) is 6.90. The van der Waals surface area contributed by atoms with Gasteiger partial charge in [0, 0.05) is 18.3 Å². The standard InChI is InChI=1S/C27H31ClN2O3SSi/c1-27(2,3)35(19-11-7-5-8-12-19,20-13-9-6-10-14-20)33-18-15-21-22(16-18)25(21)23-17-24(28)30-26(29-23)34(4,31)32/h5-14,17-18,21-22,25H,15-16H2,1-4H3/t18?,21-,22+,25+. The Labute approximate surface area is 214 Å². The zero-order valence-electron chi connectivity index (χ0n) is 20.5. The van der Waals surface area contributed by atoms with Crippen LogP contribution in [0.15, 0.2) is 71.9 Å². The maximum absolute atomic E-state index is 12.0. The van der Waals surface area contributed by atoms with Crippen LogP contribution in [0.4, 0.5) is 0 Å². The van der Waals surface area contributed by atoms with Crippen LogP contribution in [0.3, 0.4) is 0 Å². The molecule has 35 heavy (non-hydrogen) atoms. The number of hydrogen-bond donors (Lipinski definition) is 0. The highest BCUT2D eigenvalue weighted by Crippen LogP contribution is 2.64. The van der Waals surface area contributed by atoms with E-state index >= 15 is 0 Å². The molecule has 8 heteroatoms. The zero-order valence-corrected chi connectivity index (χ0v) is 23.1. The molecule has 1 aromatic heterocycles. The lowest BCUT2D eigenvalue weighted by atomic mass is 10.1. The van der Waals surface area contributed by atoms with Gasteiger partial charge in [0.15, 0.2) is 0 Å². The average Bonchev–Trinajstić information content (AvgIpc) is 3.31. The number of hydrogen-bond acceptors (Lipinski definition) is 5. The highest BCUT2D eigenvalue weighted by molar-refractivity contribution is 7.90. The van der Waals surface area contributed by atoms with E-state index in [1.54, 1.807) is 6.07 Å². The van der Waals surface area contributed by atoms with Gasteiger partial charge >= 0.3 is 0 Å². The third kappa shape index (κ3) is 4.48. The van der Waals surface area contributed by atoms with Crippen molar-refractivity contribution in [2.45, 2.75) is 55.8 Å². The molecule has 0 N–H and O–H groups in total. The fourth-order valence-electron chi connectivity index (χ4n) is 6.02. The van der Waals surface area contributed by atoms with E-state index in [0.717, 1.165) is 24.8 Å². The van der Waals surface area contributed by atoms with Crippen LogP contribution in [-0.4, -0.2) is 39.1 Å². The molecule has 184 valence electrons. The van der Waals surface area contributed by atoms with Gasteiger partial charge in [-0.2, -0.15) is 0 Å². The first-order valence-electron chi connectivity index (χ1n) is 12.0. The van der Waals surface area contributed by atoms with Gasteiger partial charge in [-0.05, 0) is 46.2 Å². The number of sulfone groups is 1. The first kappa shape index (κ1) is 24.6. The van der Waals surface area contributed by atoms with Crippen molar-refractivity contribution in [3.05, 3.63) is 77.6 Å². The minimum absolute atomic E-state index is 0.0630. The van der Waals surface area contributed by atoms with Gasteiger partial charge in [0.05, 0.1) is 5.69 Å². The maximum atomic E-state index is 12.0. The Balaban J connectivity index is 1.43. The molecule has 3 aromatic rings. The third-order valence-electron chi connectivity index (χ3n) is 7.53. The summed E-state index contributed by atoms with van der Waals surface area (Å²) < 4.78 is 31.3. The Morgan fingerprint density at radius 2 is 1.43 bits per heavy atom. The fraction of sp³-hybridized carbons (Fsp3) is 0.407. The van der Waals surface area contributed by atoms with Crippen molar-refractivity contribution in [2.24, 2.45) is 11.8 Å².